The van der Waals surface area contributed by atoms with Crippen LogP contribution in [0.25, 0.3) is 0 Å². The van der Waals surface area contributed by atoms with Crippen LogP contribution in [0.2, 0.25) is 0 Å². The number of carbonyl (C=O) groups is 1. The molecule has 0 heterocycles. The van der Waals surface area contributed by atoms with E-state index in [0.29, 0.717) is 12.3 Å². The Morgan fingerprint density at radius 3 is 2.76 bits per heavy atom. The zero-order chi connectivity index (χ0) is 12.3. The summed E-state index contributed by atoms with van der Waals surface area (Å²) in [6.07, 6.45) is 5.51. The Morgan fingerprint density at radius 2 is 2.12 bits per heavy atom. The van der Waals surface area contributed by atoms with Crippen LogP contribution in [0.4, 0.5) is 5.69 Å². The van der Waals surface area contributed by atoms with Gasteiger partial charge in [-0.2, -0.15) is 0 Å². The van der Waals surface area contributed by atoms with Gasteiger partial charge in [0.2, 0.25) is 5.91 Å². The summed E-state index contributed by atoms with van der Waals surface area (Å²) in [5, 5.41) is 12.2. The quantitative estimate of drug-likeness (QED) is 0.787. The average molecular weight is 233 g/mol. The number of benzene rings is 1. The van der Waals surface area contributed by atoms with E-state index in [9.17, 15) is 9.90 Å². The number of aromatic hydroxyl groups is 1. The van der Waals surface area contributed by atoms with Crippen molar-refractivity contribution in [3.63, 3.8) is 0 Å². The summed E-state index contributed by atoms with van der Waals surface area (Å²) >= 11 is 0. The molecule has 0 radical (unpaired) electrons. The summed E-state index contributed by atoms with van der Waals surface area (Å²) in [6, 6.07) is 5.00. The third-order valence-corrected chi connectivity index (χ3v) is 3.43. The highest BCUT2D eigenvalue weighted by Gasteiger charge is 2.18. The first kappa shape index (κ1) is 12.0. The Kier molecular flexibility index (Phi) is 3.67. The lowest BCUT2D eigenvalue weighted by Crippen LogP contribution is -2.15. The second kappa shape index (κ2) is 5.21. The molecule has 1 aromatic carbocycles. The summed E-state index contributed by atoms with van der Waals surface area (Å²) in [5.74, 6) is 0.884. The second-order valence-corrected chi connectivity index (χ2v) is 4.90. The molecule has 2 rings (SSSR count). The summed E-state index contributed by atoms with van der Waals surface area (Å²) in [4.78, 5) is 11.8. The number of nitrogens with one attached hydrogen (secondary N) is 1. The molecular formula is C14H19NO2. The molecule has 1 aliphatic carbocycles. The van der Waals surface area contributed by atoms with Crippen LogP contribution in [0.5, 0.6) is 5.75 Å². The molecule has 0 saturated heterocycles. The third-order valence-electron chi connectivity index (χ3n) is 3.43. The van der Waals surface area contributed by atoms with Crippen LogP contribution in [0.3, 0.4) is 0 Å². The SMILES string of the molecule is Cc1cc(O)ccc1NC(=O)CC1CCCC1. The number of aryl methyl sites for hydroxylation is 1. The zero-order valence-corrected chi connectivity index (χ0v) is 10.2. The second-order valence-electron chi connectivity index (χ2n) is 4.90. The van der Waals surface area contributed by atoms with Crippen LogP contribution in [0, 0.1) is 12.8 Å². The van der Waals surface area contributed by atoms with E-state index in [1.165, 1.54) is 25.7 Å². The number of rotatable bonds is 3. The molecule has 2 N–H and O–H groups in total. The van der Waals surface area contributed by atoms with Crippen LogP contribution in [0.1, 0.15) is 37.7 Å². The van der Waals surface area contributed by atoms with E-state index in [2.05, 4.69) is 5.32 Å². The fourth-order valence-corrected chi connectivity index (χ4v) is 2.47. The summed E-state index contributed by atoms with van der Waals surface area (Å²) in [5.41, 5.74) is 1.69. The fraction of sp³-hybridized carbons (Fsp3) is 0.500. The first-order chi connectivity index (χ1) is 8.15. The van der Waals surface area contributed by atoms with Gasteiger partial charge in [-0.1, -0.05) is 12.8 Å². The lowest BCUT2D eigenvalue weighted by atomic mass is 10.0. The molecule has 0 atom stereocenters. The molecule has 1 amide bonds. The number of anilines is 1. The summed E-state index contributed by atoms with van der Waals surface area (Å²) in [7, 11) is 0. The van der Waals surface area contributed by atoms with E-state index < -0.39 is 0 Å². The lowest BCUT2D eigenvalue weighted by molar-refractivity contribution is -0.117. The van der Waals surface area contributed by atoms with Crippen LogP contribution >= 0.6 is 0 Å². The van der Waals surface area contributed by atoms with Gasteiger partial charge in [0.25, 0.3) is 0 Å². The first-order valence-electron chi connectivity index (χ1n) is 6.24. The highest BCUT2D eigenvalue weighted by molar-refractivity contribution is 5.91. The number of phenols is 1. The van der Waals surface area contributed by atoms with Crippen molar-refractivity contribution in [2.75, 3.05) is 5.32 Å². The molecule has 3 nitrogen and oxygen atoms in total. The smallest absolute Gasteiger partial charge is 0.224 e. The summed E-state index contributed by atoms with van der Waals surface area (Å²) < 4.78 is 0. The van der Waals surface area contributed by atoms with E-state index >= 15 is 0 Å². The van der Waals surface area contributed by atoms with Crippen LogP contribution in [0.15, 0.2) is 18.2 Å². The van der Waals surface area contributed by atoms with Gasteiger partial charge in [-0.15, -0.1) is 0 Å². The van der Waals surface area contributed by atoms with Gasteiger partial charge in [-0.25, -0.2) is 0 Å². The minimum Gasteiger partial charge on any atom is -0.508 e. The van der Waals surface area contributed by atoms with Gasteiger partial charge in [0.15, 0.2) is 0 Å². The largest absolute Gasteiger partial charge is 0.508 e. The zero-order valence-electron chi connectivity index (χ0n) is 10.2. The van der Waals surface area contributed by atoms with E-state index in [4.69, 9.17) is 0 Å². The van der Waals surface area contributed by atoms with Gasteiger partial charge in [-0.3, -0.25) is 4.79 Å². The monoisotopic (exact) mass is 233 g/mol. The molecule has 3 heteroatoms. The predicted molar refractivity (Wildman–Crippen MR) is 68.0 cm³/mol. The van der Waals surface area contributed by atoms with Crippen molar-refractivity contribution in [1.82, 2.24) is 0 Å². The van der Waals surface area contributed by atoms with Crippen molar-refractivity contribution in [3.05, 3.63) is 23.8 Å². The fourth-order valence-electron chi connectivity index (χ4n) is 2.47. The lowest BCUT2D eigenvalue weighted by Gasteiger charge is -2.11. The Balaban J connectivity index is 1.93. The van der Waals surface area contributed by atoms with Crippen molar-refractivity contribution in [1.29, 1.82) is 0 Å². The molecule has 0 aromatic heterocycles. The number of carbonyl (C=O) groups excluding carboxylic acids is 1. The van der Waals surface area contributed by atoms with Gasteiger partial charge in [0.1, 0.15) is 5.75 Å². The highest BCUT2D eigenvalue weighted by atomic mass is 16.3. The molecule has 92 valence electrons. The van der Waals surface area contributed by atoms with E-state index in [1.54, 1.807) is 18.2 Å². The Hall–Kier alpha value is -1.51. The van der Waals surface area contributed by atoms with Gasteiger partial charge >= 0.3 is 0 Å². The average Bonchev–Trinajstić information content (AvgIpc) is 2.75. The van der Waals surface area contributed by atoms with E-state index in [1.807, 2.05) is 6.92 Å². The molecule has 0 spiro atoms. The standard InChI is InChI=1S/C14H19NO2/c1-10-8-12(16)6-7-13(10)15-14(17)9-11-4-2-3-5-11/h6-8,11,16H,2-5,9H2,1H3,(H,15,17). The van der Waals surface area contributed by atoms with Gasteiger partial charge in [0, 0.05) is 12.1 Å². The Bertz CT molecular complexity index is 409. The Morgan fingerprint density at radius 1 is 1.41 bits per heavy atom. The maximum absolute atomic E-state index is 11.8. The maximum atomic E-state index is 11.8. The molecule has 1 fully saturated rings. The number of phenolic OH excluding ortho intramolecular Hbond substituents is 1. The van der Waals surface area contributed by atoms with Crippen molar-refractivity contribution in [2.45, 2.75) is 39.0 Å². The molecule has 0 unspecified atom stereocenters. The molecule has 1 saturated carbocycles. The number of hydrogen-bond acceptors (Lipinski definition) is 2. The third kappa shape index (κ3) is 3.22. The number of amides is 1. The minimum absolute atomic E-state index is 0.0886. The van der Waals surface area contributed by atoms with E-state index in [0.717, 1.165) is 11.3 Å². The normalized spacial score (nSPS) is 16.1. The first-order valence-corrected chi connectivity index (χ1v) is 6.24. The van der Waals surface area contributed by atoms with Gasteiger partial charge in [0.05, 0.1) is 0 Å². The van der Waals surface area contributed by atoms with Crippen molar-refractivity contribution >= 4 is 11.6 Å². The molecule has 0 aliphatic heterocycles. The topological polar surface area (TPSA) is 49.3 Å². The van der Waals surface area contributed by atoms with Crippen LogP contribution in [-0.4, -0.2) is 11.0 Å². The molecule has 1 aromatic rings. The minimum atomic E-state index is 0.0886. The van der Waals surface area contributed by atoms with E-state index in [-0.39, 0.29) is 11.7 Å². The van der Waals surface area contributed by atoms with Crippen LogP contribution < -0.4 is 5.32 Å². The van der Waals surface area contributed by atoms with Crippen molar-refractivity contribution < 1.29 is 9.90 Å². The van der Waals surface area contributed by atoms with Crippen molar-refractivity contribution in [2.24, 2.45) is 5.92 Å². The van der Waals surface area contributed by atoms with Crippen LogP contribution in [-0.2, 0) is 4.79 Å². The number of hydrogen-bond donors (Lipinski definition) is 2. The van der Waals surface area contributed by atoms with Gasteiger partial charge in [-0.05, 0) is 49.4 Å². The molecule has 17 heavy (non-hydrogen) atoms. The van der Waals surface area contributed by atoms with Crippen molar-refractivity contribution in [3.8, 4) is 5.75 Å². The van der Waals surface area contributed by atoms with Gasteiger partial charge < -0.3 is 10.4 Å². The maximum Gasteiger partial charge on any atom is 0.224 e. The molecule has 1 aliphatic rings. The molecule has 0 bridgehead atoms. The Labute approximate surface area is 102 Å². The highest BCUT2D eigenvalue weighted by Crippen LogP contribution is 2.28. The molecular weight excluding hydrogens is 214 g/mol. The predicted octanol–water partition coefficient (Wildman–Crippen LogP) is 3.22. The summed E-state index contributed by atoms with van der Waals surface area (Å²) in [6.45, 7) is 1.88.